The monoisotopic (exact) mass is 436 g/mol. The predicted octanol–water partition coefficient (Wildman–Crippen LogP) is 5.56. The zero-order valence-corrected chi connectivity index (χ0v) is 20.7. The van der Waals surface area contributed by atoms with Crippen LogP contribution in [0.15, 0.2) is 97.6 Å². The van der Waals surface area contributed by atoms with E-state index in [0.29, 0.717) is 0 Å². The molecule has 5 heteroatoms. The fourth-order valence-corrected chi connectivity index (χ4v) is 1.79. The Hall–Kier alpha value is -2.78. The van der Waals surface area contributed by atoms with Gasteiger partial charge in [-0.2, -0.15) is 0 Å². The Morgan fingerprint density at radius 1 is 0.379 bits per heavy atom. The average molecular weight is 438 g/mol. The van der Waals surface area contributed by atoms with Gasteiger partial charge in [-0.3, -0.25) is 19.9 Å². The number of aromatic nitrogens is 4. The molecule has 0 bridgehead atoms. The van der Waals surface area contributed by atoms with Crippen molar-refractivity contribution in [2.75, 3.05) is 0 Å². The van der Waals surface area contributed by atoms with Gasteiger partial charge in [-0.15, -0.1) is 0 Å². The molecule has 0 spiro atoms. The first kappa shape index (κ1) is 26.2. The minimum Gasteiger partial charge on any atom is -0.262 e. The van der Waals surface area contributed by atoms with Crippen LogP contribution in [0.1, 0.15) is 22.8 Å². The molecule has 0 aliphatic carbocycles. The Bertz CT molecular complexity index is 693. The summed E-state index contributed by atoms with van der Waals surface area (Å²) in [6.07, 6.45) is 7.15. The van der Waals surface area contributed by atoms with E-state index < -0.39 is 0 Å². The van der Waals surface area contributed by atoms with Gasteiger partial charge in [0.15, 0.2) is 0 Å². The van der Waals surface area contributed by atoms with Crippen LogP contribution in [0.5, 0.6) is 0 Å². The molecule has 29 heavy (non-hydrogen) atoms. The van der Waals surface area contributed by atoms with Gasteiger partial charge in [0.25, 0.3) is 0 Å². The smallest absolute Gasteiger partial charge is 0.262 e. The Balaban J connectivity index is 0.000000356. The van der Waals surface area contributed by atoms with Crippen molar-refractivity contribution in [2.24, 2.45) is 0 Å². The third kappa shape index (κ3) is 15.9. The first-order chi connectivity index (χ1) is 13.6. The summed E-state index contributed by atoms with van der Waals surface area (Å²) in [5.74, 6) is 0. The van der Waals surface area contributed by atoms with Crippen LogP contribution in [0, 0.1) is 27.7 Å². The van der Waals surface area contributed by atoms with Crippen LogP contribution in [0.25, 0.3) is 0 Å². The summed E-state index contributed by atoms with van der Waals surface area (Å²) in [6.45, 7) is 7.89. The Kier molecular flexibility index (Phi) is 15.7. The van der Waals surface area contributed by atoms with Gasteiger partial charge in [-0.25, -0.2) is 0 Å². The molecule has 4 rings (SSSR count). The molecule has 4 aromatic heterocycles. The van der Waals surface area contributed by atoms with Crippen molar-refractivity contribution in [3.05, 3.63) is 120 Å². The van der Waals surface area contributed by atoms with E-state index in [0.717, 1.165) is 22.8 Å². The van der Waals surface area contributed by atoms with Gasteiger partial charge in [-0.05, 0) is 76.2 Å². The Morgan fingerprint density at radius 3 is 0.655 bits per heavy atom. The van der Waals surface area contributed by atoms with Crippen molar-refractivity contribution in [3.8, 4) is 0 Å². The zero-order valence-electron chi connectivity index (χ0n) is 17.7. The van der Waals surface area contributed by atoms with Gasteiger partial charge in [0.05, 0.1) is 0 Å². The van der Waals surface area contributed by atoms with Crippen LogP contribution >= 0.6 is 0 Å². The summed E-state index contributed by atoms with van der Waals surface area (Å²) in [4.78, 5) is 15.9. The van der Waals surface area contributed by atoms with Crippen molar-refractivity contribution in [3.63, 3.8) is 0 Å². The van der Waals surface area contributed by atoms with Crippen molar-refractivity contribution >= 4 is 0 Å². The SMILES string of the molecule is Cc1ccccn1.Cc1ccccn1.Cc1ccccn1.Cc1ccccn1.[Zn+2]. The molecule has 0 fully saturated rings. The summed E-state index contributed by atoms with van der Waals surface area (Å²) in [6, 6.07) is 23.4. The Morgan fingerprint density at radius 2 is 0.586 bits per heavy atom. The quantitative estimate of drug-likeness (QED) is 0.338. The zero-order chi connectivity index (χ0) is 20.5. The normalized spacial score (nSPS) is 8.41. The molecule has 0 aliphatic heterocycles. The maximum absolute atomic E-state index is 3.98. The summed E-state index contributed by atoms with van der Waals surface area (Å²) >= 11 is 0. The number of rotatable bonds is 0. The van der Waals surface area contributed by atoms with E-state index >= 15 is 0 Å². The van der Waals surface area contributed by atoms with Gasteiger partial charge < -0.3 is 0 Å². The molecule has 0 radical (unpaired) electrons. The summed E-state index contributed by atoms with van der Waals surface area (Å²) < 4.78 is 0. The van der Waals surface area contributed by atoms with Gasteiger partial charge in [0.2, 0.25) is 0 Å². The molecular formula is C24H28N4Zn+2. The van der Waals surface area contributed by atoms with Gasteiger partial charge in [0, 0.05) is 47.6 Å². The van der Waals surface area contributed by atoms with Crippen LogP contribution in [-0.4, -0.2) is 19.9 Å². The maximum atomic E-state index is 3.98. The van der Waals surface area contributed by atoms with Crippen LogP contribution in [0.3, 0.4) is 0 Å². The molecule has 0 unspecified atom stereocenters. The van der Waals surface area contributed by atoms with Crippen LogP contribution < -0.4 is 0 Å². The molecule has 4 nitrogen and oxygen atoms in total. The fourth-order valence-electron chi connectivity index (χ4n) is 1.79. The molecule has 0 aromatic carbocycles. The molecule has 0 saturated carbocycles. The fraction of sp³-hybridized carbons (Fsp3) is 0.167. The van der Waals surface area contributed by atoms with Crippen LogP contribution in [-0.2, 0) is 19.5 Å². The van der Waals surface area contributed by atoms with Gasteiger partial charge >= 0.3 is 19.5 Å². The molecule has 4 aromatic rings. The van der Waals surface area contributed by atoms with Crippen molar-refractivity contribution in [1.29, 1.82) is 0 Å². The minimum atomic E-state index is 0. The molecule has 0 atom stereocenters. The number of hydrogen-bond acceptors (Lipinski definition) is 4. The molecule has 144 valence electrons. The van der Waals surface area contributed by atoms with Crippen molar-refractivity contribution in [1.82, 2.24) is 19.9 Å². The summed E-state index contributed by atoms with van der Waals surface area (Å²) in [5, 5.41) is 0. The van der Waals surface area contributed by atoms with E-state index in [2.05, 4.69) is 19.9 Å². The van der Waals surface area contributed by atoms with E-state index in [4.69, 9.17) is 0 Å². The summed E-state index contributed by atoms with van der Waals surface area (Å²) in [7, 11) is 0. The van der Waals surface area contributed by atoms with E-state index in [1.165, 1.54) is 0 Å². The van der Waals surface area contributed by atoms with E-state index in [-0.39, 0.29) is 19.5 Å². The topological polar surface area (TPSA) is 51.6 Å². The third-order valence-corrected chi connectivity index (χ3v) is 3.25. The van der Waals surface area contributed by atoms with Crippen molar-refractivity contribution in [2.45, 2.75) is 27.7 Å². The maximum Gasteiger partial charge on any atom is 2.00 e. The van der Waals surface area contributed by atoms with Gasteiger partial charge in [-0.1, -0.05) is 24.3 Å². The van der Waals surface area contributed by atoms with E-state index in [1.54, 1.807) is 24.8 Å². The first-order valence-corrected chi connectivity index (χ1v) is 9.08. The standard InChI is InChI=1S/4C6H7N.Zn/c4*1-6-4-2-3-5-7-6;/h4*2-5H,1H3;/q;;;;+2. The molecule has 4 heterocycles. The average Bonchev–Trinajstić information content (AvgIpc) is 2.72. The van der Waals surface area contributed by atoms with Crippen molar-refractivity contribution < 1.29 is 19.5 Å². The molecule has 0 amide bonds. The molecule has 0 saturated heterocycles. The number of pyridine rings is 4. The molecule has 0 aliphatic rings. The Labute approximate surface area is 187 Å². The molecular weight excluding hydrogens is 410 g/mol. The van der Waals surface area contributed by atoms with Crippen LogP contribution in [0.2, 0.25) is 0 Å². The first-order valence-electron chi connectivity index (χ1n) is 9.08. The second kappa shape index (κ2) is 17.3. The van der Waals surface area contributed by atoms with E-state index in [9.17, 15) is 0 Å². The van der Waals surface area contributed by atoms with Crippen LogP contribution in [0.4, 0.5) is 0 Å². The van der Waals surface area contributed by atoms with E-state index in [1.807, 2.05) is 100 Å². The number of nitrogens with zero attached hydrogens (tertiary/aromatic N) is 4. The van der Waals surface area contributed by atoms with Gasteiger partial charge in [0.1, 0.15) is 0 Å². The largest absolute Gasteiger partial charge is 2.00 e. The number of aryl methyl sites for hydroxylation is 4. The predicted molar refractivity (Wildman–Crippen MR) is 116 cm³/mol. The summed E-state index contributed by atoms with van der Waals surface area (Å²) in [5.41, 5.74) is 4.29. The second-order valence-electron chi connectivity index (χ2n) is 5.88. The third-order valence-electron chi connectivity index (χ3n) is 3.25. The second-order valence-corrected chi connectivity index (χ2v) is 5.88. The minimum absolute atomic E-state index is 0. The number of hydrogen-bond donors (Lipinski definition) is 0. The molecule has 0 N–H and O–H groups in total.